The smallest absolute Gasteiger partial charge is 0.394 e. The number of halogens is 4. The van der Waals surface area contributed by atoms with Gasteiger partial charge in [-0.05, 0) is 17.8 Å². The summed E-state index contributed by atoms with van der Waals surface area (Å²) in [4.78, 5) is 8.33. The Hall–Kier alpha value is -1.46. The maximum atomic E-state index is 12.8. The summed E-state index contributed by atoms with van der Waals surface area (Å²) in [6.07, 6.45) is 1.05. The predicted octanol–water partition coefficient (Wildman–Crippen LogP) is 3.49. The van der Waals surface area contributed by atoms with Gasteiger partial charge in [-0.25, -0.2) is 9.67 Å². The number of rotatable bonds is 7. The Morgan fingerprint density at radius 3 is 2.74 bits per heavy atom. The molecule has 5 atom stereocenters. The molecule has 4 rings (SSSR count). The monoisotopic (exact) mass is 555 g/mol. The van der Waals surface area contributed by atoms with Gasteiger partial charge in [0.1, 0.15) is 45.6 Å². The Labute approximate surface area is 208 Å². The van der Waals surface area contributed by atoms with Crippen LogP contribution in [0, 0.1) is 0 Å². The zero-order valence-electron chi connectivity index (χ0n) is 17.2. The zero-order valence-corrected chi connectivity index (χ0v) is 20.4. The van der Waals surface area contributed by atoms with Gasteiger partial charge in [-0.1, -0.05) is 28.6 Å². The first kappa shape index (κ1) is 25.6. The van der Waals surface area contributed by atoms with Crippen LogP contribution in [-0.4, -0.2) is 78.1 Å². The summed E-state index contributed by atoms with van der Waals surface area (Å²) in [6.45, 7) is -0.503. The molecule has 1 aliphatic heterocycles. The van der Waals surface area contributed by atoms with E-state index in [1.807, 2.05) is 0 Å². The molecule has 4 heterocycles. The second-order valence-electron chi connectivity index (χ2n) is 6.99. The van der Waals surface area contributed by atoms with E-state index >= 15 is 0 Å². The minimum absolute atomic E-state index is 0.0828. The maximum absolute atomic E-state index is 12.8. The van der Waals surface area contributed by atoms with Crippen molar-refractivity contribution in [1.29, 1.82) is 0 Å². The van der Waals surface area contributed by atoms with Gasteiger partial charge in [-0.3, -0.25) is 4.98 Å². The number of pyridine rings is 1. The highest BCUT2D eigenvalue weighted by molar-refractivity contribution is 8.00. The molecule has 0 saturated carbocycles. The van der Waals surface area contributed by atoms with Crippen molar-refractivity contribution in [3.63, 3.8) is 0 Å². The van der Waals surface area contributed by atoms with Crippen LogP contribution in [0.1, 0.15) is 6.04 Å². The summed E-state index contributed by atoms with van der Waals surface area (Å²) in [5.74, 6) is 0. The topological polar surface area (TPSA) is 115 Å². The molecule has 0 amide bonds. The van der Waals surface area contributed by atoms with Crippen LogP contribution in [0.3, 0.4) is 0 Å². The number of nitrogens with zero attached hydrogens (tertiary/aromatic N) is 5. The Morgan fingerprint density at radius 2 is 2.09 bits per heavy atom. The number of hydrogen-bond donors (Lipinski definition) is 2. The summed E-state index contributed by atoms with van der Waals surface area (Å²) >= 11 is 7.94. The number of methoxy groups -OCH3 is 1. The average Bonchev–Trinajstić information content (AvgIpc) is 3.42. The van der Waals surface area contributed by atoms with Crippen LogP contribution < -0.4 is 0 Å². The predicted molar refractivity (Wildman–Crippen MR) is 120 cm³/mol. The summed E-state index contributed by atoms with van der Waals surface area (Å²) < 4.78 is 51.1. The van der Waals surface area contributed by atoms with Gasteiger partial charge >= 0.3 is 5.51 Å². The second kappa shape index (κ2) is 10.7. The van der Waals surface area contributed by atoms with Gasteiger partial charge in [0, 0.05) is 34.7 Å². The van der Waals surface area contributed by atoms with Gasteiger partial charge in [0.05, 0.1) is 12.8 Å². The zero-order chi connectivity index (χ0) is 24.5. The molecule has 1 fully saturated rings. The lowest BCUT2D eigenvalue weighted by Crippen LogP contribution is -2.55. The third-order valence-corrected chi connectivity index (χ3v) is 7.77. The first-order valence-electron chi connectivity index (χ1n) is 9.56. The first-order chi connectivity index (χ1) is 16.2. The van der Waals surface area contributed by atoms with E-state index in [4.69, 9.17) is 21.1 Å². The van der Waals surface area contributed by atoms with E-state index in [9.17, 15) is 23.4 Å². The van der Waals surface area contributed by atoms with Gasteiger partial charge in [0.25, 0.3) is 0 Å². The Bertz CT molecular complexity index is 1120. The number of hydrogen-bond acceptors (Lipinski definition) is 11. The molecule has 2 N–H and O–H groups in total. The number of thioether (sulfide) groups is 2. The molecule has 3 aromatic heterocycles. The molecular formula is C18H17ClF3N5O4S3. The minimum atomic E-state index is -4.45. The normalized spacial score (nSPS) is 25.6. The molecule has 34 heavy (non-hydrogen) atoms. The highest BCUT2D eigenvalue weighted by atomic mass is 35.5. The molecular weight excluding hydrogens is 539 g/mol. The fraction of sp³-hybridized carbons (Fsp3) is 0.444. The molecule has 184 valence electrons. The number of alkyl halides is 3. The lowest BCUT2D eigenvalue weighted by Gasteiger charge is -2.43. The molecule has 1 saturated heterocycles. The van der Waals surface area contributed by atoms with Crippen LogP contribution in [0.25, 0.3) is 10.7 Å². The van der Waals surface area contributed by atoms with Crippen LogP contribution in [0.15, 0.2) is 39.8 Å². The van der Waals surface area contributed by atoms with E-state index in [2.05, 4.69) is 20.3 Å². The van der Waals surface area contributed by atoms with Crippen molar-refractivity contribution in [2.24, 2.45) is 0 Å². The minimum Gasteiger partial charge on any atom is -0.394 e. The van der Waals surface area contributed by atoms with Crippen molar-refractivity contribution in [2.45, 2.75) is 45.1 Å². The van der Waals surface area contributed by atoms with Gasteiger partial charge in [-0.2, -0.15) is 13.2 Å². The SMILES string of the molecule is COC1C(Sc2cncc(SC(F)(F)F)c2)OC(CO)C(O)C1n1cc(-c2nc(Cl)cs2)nn1. The number of aromatic nitrogens is 5. The van der Waals surface area contributed by atoms with Crippen LogP contribution in [-0.2, 0) is 9.47 Å². The maximum Gasteiger partial charge on any atom is 0.446 e. The van der Waals surface area contributed by atoms with Gasteiger partial charge in [-0.15, -0.1) is 16.4 Å². The van der Waals surface area contributed by atoms with Gasteiger partial charge in [0.2, 0.25) is 0 Å². The van der Waals surface area contributed by atoms with E-state index in [0.717, 1.165) is 18.0 Å². The molecule has 16 heteroatoms. The molecule has 0 aliphatic carbocycles. The molecule has 0 radical (unpaired) electrons. The second-order valence-corrected chi connectivity index (χ2v) is 10.5. The number of aliphatic hydroxyl groups is 2. The van der Waals surface area contributed by atoms with E-state index in [0.29, 0.717) is 20.8 Å². The molecule has 0 bridgehead atoms. The lowest BCUT2D eigenvalue weighted by atomic mass is 9.97. The third-order valence-electron chi connectivity index (χ3n) is 4.78. The Balaban J connectivity index is 1.61. The Morgan fingerprint density at radius 1 is 1.32 bits per heavy atom. The quantitative estimate of drug-likeness (QED) is 0.420. The summed E-state index contributed by atoms with van der Waals surface area (Å²) in [5, 5.41) is 31.3. The van der Waals surface area contributed by atoms with Crippen molar-refractivity contribution in [2.75, 3.05) is 13.7 Å². The van der Waals surface area contributed by atoms with Crippen molar-refractivity contribution in [3.8, 4) is 10.7 Å². The standard InChI is InChI=1S/C18H17ClF3N5O4S3/c1-30-15-13(27-5-10(25-26-27)16-24-12(19)7-32-16)14(29)11(6-28)31-17(15)33-8-2-9(4-23-3-8)34-18(20,21)22/h2-5,7,11,13-15,17,28-29H,6H2,1H3. The highest BCUT2D eigenvalue weighted by Gasteiger charge is 2.47. The lowest BCUT2D eigenvalue weighted by molar-refractivity contribution is -0.186. The van der Waals surface area contributed by atoms with Crippen molar-refractivity contribution < 1.29 is 32.9 Å². The summed E-state index contributed by atoms with van der Waals surface area (Å²) in [6, 6.07) is 0.505. The number of ether oxygens (including phenoxy) is 2. The molecule has 0 aromatic carbocycles. The van der Waals surface area contributed by atoms with Crippen LogP contribution in [0.5, 0.6) is 0 Å². The molecule has 0 spiro atoms. The van der Waals surface area contributed by atoms with E-state index in [1.54, 1.807) is 11.6 Å². The first-order valence-corrected chi connectivity index (χ1v) is 12.5. The van der Waals surface area contributed by atoms with Crippen molar-refractivity contribution >= 4 is 46.5 Å². The van der Waals surface area contributed by atoms with Gasteiger partial charge < -0.3 is 19.7 Å². The van der Waals surface area contributed by atoms with Crippen LogP contribution in [0.2, 0.25) is 5.15 Å². The molecule has 1 aliphatic rings. The fourth-order valence-electron chi connectivity index (χ4n) is 3.39. The third kappa shape index (κ3) is 5.84. The fourth-order valence-corrected chi connectivity index (χ4v) is 6.11. The molecule has 3 aromatic rings. The van der Waals surface area contributed by atoms with E-state index < -0.39 is 41.9 Å². The van der Waals surface area contributed by atoms with Crippen molar-refractivity contribution in [1.82, 2.24) is 25.0 Å². The largest absolute Gasteiger partial charge is 0.446 e. The van der Waals surface area contributed by atoms with Crippen molar-refractivity contribution in [3.05, 3.63) is 35.2 Å². The number of thiazole rings is 1. The van der Waals surface area contributed by atoms with Gasteiger partial charge in [0.15, 0.2) is 0 Å². The average molecular weight is 556 g/mol. The van der Waals surface area contributed by atoms with E-state index in [-0.39, 0.29) is 16.7 Å². The number of aliphatic hydroxyl groups excluding tert-OH is 2. The van der Waals surface area contributed by atoms with E-state index in [1.165, 1.54) is 35.4 Å². The highest BCUT2D eigenvalue weighted by Crippen LogP contribution is 2.42. The Kier molecular flexibility index (Phi) is 8.03. The van der Waals surface area contributed by atoms with Crippen LogP contribution >= 0.6 is 46.5 Å². The summed E-state index contributed by atoms with van der Waals surface area (Å²) in [7, 11) is 1.41. The molecule has 9 nitrogen and oxygen atoms in total. The van der Waals surface area contributed by atoms with Crippen LogP contribution in [0.4, 0.5) is 13.2 Å². The summed E-state index contributed by atoms with van der Waals surface area (Å²) in [5.41, 5.74) is -4.84. The molecule has 5 unspecified atom stereocenters.